The van der Waals surface area contributed by atoms with Gasteiger partial charge in [-0.2, -0.15) is 0 Å². The van der Waals surface area contributed by atoms with E-state index < -0.39 is 0 Å². The number of hydrogen-bond acceptors (Lipinski definition) is 3. The maximum absolute atomic E-state index is 6.46. The average molecular weight is 296 g/mol. The fourth-order valence-electron chi connectivity index (χ4n) is 2.93. The van der Waals surface area contributed by atoms with Crippen molar-refractivity contribution in [3.05, 3.63) is 28.8 Å². The van der Waals surface area contributed by atoms with E-state index in [4.69, 9.17) is 11.6 Å². The van der Waals surface area contributed by atoms with Gasteiger partial charge in [-0.3, -0.25) is 0 Å². The highest BCUT2D eigenvalue weighted by molar-refractivity contribution is 6.33. The van der Waals surface area contributed by atoms with Gasteiger partial charge in [0.25, 0.3) is 0 Å². The van der Waals surface area contributed by atoms with E-state index in [1.54, 1.807) is 0 Å². The van der Waals surface area contributed by atoms with Crippen molar-refractivity contribution in [3.63, 3.8) is 0 Å². The molecule has 1 fully saturated rings. The van der Waals surface area contributed by atoms with Gasteiger partial charge >= 0.3 is 0 Å². The maximum atomic E-state index is 6.46. The molecule has 1 aromatic carbocycles. The van der Waals surface area contributed by atoms with Crippen molar-refractivity contribution in [1.29, 1.82) is 0 Å². The molecule has 0 saturated carbocycles. The molecule has 4 heteroatoms. The molecule has 1 aromatic rings. The molecule has 1 heterocycles. The Morgan fingerprint density at radius 3 is 2.80 bits per heavy atom. The molecule has 1 aliphatic rings. The van der Waals surface area contributed by atoms with E-state index in [9.17, 15) is 0 Å². The number of anilines is 1. The SMILES string of the molecule is CNC(C)c1ccc(N(C)CC2CCN(C)C2)c(Cl)c1. The predicted octanol–water partition coefficient (Wildman–Crippen LogP) is 3.01. The highest BCUT2D eigenvalue weighted by Gasteiger charge is 2.21. The molecule has 20 heavy (non-hydrogen) atoms. The first-order chi connectivity index (χ1) is 9.51. The smallest absolute Gasteiger partial charge is 0.0642 e. The van der Waals surface area contributed by atoms with Gasteiger partial charge in [0.05, 0.1) is 10.7 Å². The van der Waals surface area contributed by atoms with Gasteiger partial charge in [-0.1, -0.05) is 17.7 Å². The second kappa shape index (κ2) is 6.79. The van der Waals surface area contributed by atoms with Gasteiger partial charge in [0.2, 0.25) is 0 Å². The Morgan fingerprint density at radius 2 is 2.25 bits per heavy atom. The van der Waals surface area contributed by atoms with Gasteiger partial charge < -0.3 is 15.1 Å². The van der Waals surface area contributed by atoms with E-state index in [0.29, 0.717) is 6.04 Å². The predicted molar refractivity (Wildman–Crippen MR) is 87.8 cm³/mol. The minimum Gasteiger partial charge on any atom is -0.373 e. The van der Waals surface area contributed by atoms with Crippen molar-refractivity contribution >= 4 is 17.3 Å². The Bertz CT molecular complexity index is 449. The maximum Gasteiger partial charge on any atom is 0.0642 e. The van der Waals surface area contributed by atoms with E-state index in [2.05, 4.69) is 54.3 Å². The van der Waals surface area contributed by atoms with Gasteiger partial charge in [0, 0.05) is 26.2 Å². The lowest BCUT2D eigenvalue weighted by Gasteiger charge is -2.25. The number of benzene rings is 1. The molecule has 112 valence electrons. The van der Waals surface area contributed by atoms with Crippen LogP contribution in [-0.4, -0.2) is 45.7 Å². The van der Waals surface area contributed by atoms with Gasteiger partial charge in [-0.25, -0.2) is 0 Å². The minimum absolute atomic E-state index is 0.329. The number of likely N-dealkylation sites (tertiary alicyclic amines) is 1. The van der Waals surface area contributed by atoms with Gasteiger partial charge in [0.1, 0.15) is 0 Å². The number of rotatable bonds is 5. The number of nitrogens with zero attached hydrogens (tertiary/aromatic N) is 2. The Kier molecular flexibility index (Phi) is 5.30. The third-order valence-electron chi connectivity index (χ3n) is 4.34. The Labute approximate surface area is 127 Å². The molecule has 3 nitrogen and oxygen atoms in total. The van der Waals surface area contributed by atoms with Crippen LogP contribution in [0.4, 0.5) is 5.69 Å². The summed E-state index contributed by atoms with van der Waals surface area (Å²) in [6.07, 6.45) is 1.29. The molecule has 2 atom stereocenters. The van der Waals surface area contributed by atoms with Gasteiger partial charge in [-0.05, 0) is 57.6 Å². The van der Waals surface area contributed by atoms with Crippen molar-refractivity contribution in [3.8, 4) is 0 Å². The summed E-state index contributed by atoms with van der Waals surface area (Å²) in [5.74, 6) is 0.747. The molecule has 0 aromatic heterocycles. The highest BCUT2D eigenvalue weighted by atomic mass is 35.5. The lowest BCUT2D eigenvalue weighted by molar-refractivity contribution is 0.396. The van der Waals surface area contributed by atoms with Crippen LogP contribution in [0.5, 0.6) is 0 Å². The van der Waals surface area contributed by atoms with Crippen LogP contribution in [0.1, 0.15) is 24.9 Å². The fraction of sp³-hybridized carbons (Fsp3) is 0.625. The third kappa shape index (κ3) is 3.66. The monoisotopic (exact) mass is 295 g/mol. The normalized spacial score (nSPS) is 21.1. The van der Waals surface area contributed by atoms with Crippen molar-refractivity contribution in [2.24, 2.45) is 5.92 Å². The summed E-state index contributed by atoms with van der Waals surface area (Å²) in [6.45, 7) is 5.62. The highest BCUT2D eigenvalue weighted by Crippen LogP contribution is 2.29. The Balaban J connectivity index is 2.04. The summed E-state index contributed by atoms with van der Waals surface area (Å²) in [6, 6.07) is 6.72. The first-order valence-electron chi connectivity index (χ1n) is 7.37. The van der Waals surface area contributed by atoms with Crippen LogP contribution < -0.4 is 10.2 Å². The topological polar surface area (TPSA) is 18.5 Å². The molecular formula is C16H26ClN3. The molecule has 2 unspecified atom stereocenters. The zero-order valence-corrected chi connectivity index (χ0v) is 13.7. The summed E-state index contributed by atoms with van der Waals surface area (Å²) < 4.78 is 0. The van der Waals surface area contributed by atoms with Crippen molar-refractivity contribution in [2.75, 3.05) is 45.7 Å². The minimum atomic E-state index is 0.329. The standard InChI is InChI=1S/C16H26ClN3/c1-12(18-2)14-5-6-16(15(17)9-14)20(4)11-13-7-8-19(3)10-13/h5-6,9,12-13,18H,7-8,10-11H2,1-4H3. The first-order valence-corrected chi connectivity index (χ1v) is 7.75. The van der Waals surface area contributed by atoms with Crippen LogP contribution in [0, 0.1) is 5.92 Å². The van der Waals surface area contributed by atoms with E-state index in [-0.39, 0.29) is 0 Å². The summed E-state index contributed by atoms with van der Waals surface area (Å²) in [5.41, 5.74) is 2.36. The summed E-state index contributed by atoms with van der Waals surface area (Å²) in [4.78, 5) is 4.69. The van der Waals surface area contributed by atoms with Gasteiger partial charge in [-0.15, -0.1) is 0 Å². The van der Waals surface area contributed by atoms with Crippen molar-refractivity contribution < 1.29 is 0 Å². The second-order valence-corrected chi connectivity index (χ2v) is 6.43. The molecular weight excluding hydrogens is 270 g/mol. The second-order valence-electron chi connectivity index (χ2n) is 6.02. The molecule has 0 aliphatic carbocycles. The van der Waals surface area contributed by atoms with E-state index in [0.717, 1.165) is 23.2 Å². The van der Waals surface area contributed by atoms with Crippen LogP contribution >= 0.6 is 11.6 Å². The van der Waals surface area contributed by atoms with Crippen LogP contribution in [0.2, 0.25) is 5.02 Å². The molecule has 1 N–H and O–H groups in total. The first kappa shape index (κ1) is 15.6. The largest absolute Gasteiger partial charge is 0.373 e. The van der Waals surface area contributed by atoms with E-state index >= 15 is 0 Å². The number of nitrogens with one attached hydrogen (secondary N) is 1. The Morgan fingerprint density at radius 1 is 1.50 bits per heavy atom. The van der Waals surface area contributed by atoms with Crippen molar-refractivity contribution in [2.45, 2.75) is 19.4 Å². The van der Waals surface area contributed by atoms with Crippen LogP contribution in [0.25, 0.3) is 0 Å². The molecule has 1 saturated heterocycles. The molecule has 0 radical (unpaired) electrons. The fourth-order valence-corrected chi connectivity index (χ4v) is 3.26. The van der Waals surface area contributed by atoms with E-state index in [1.807, 2.05) is 7.05 Å². The molecule has 2 rings (SSSR count). The van der Waals surface area contributed by atoms with Crippen LogP contribution in [-0.2, 0) is 0 Å². The Hall–Kier alpha value is -0.770. The lowest BCUT2D eigenvalue weighted by atomic mass is 10.1. The van der Waals surface area contributed by atoms with Crippen LogP contribution in [0.3, 0.4) is 0 Å². The van der Waals surface area contributed by atoms with Crippen molar-refractivity contribution in [1.82, 2.24) is 10.2 Å². The summed E-state index contributed by atoms with van der Waals surface area (Å²) in [7, 11) is 6.30. The quantitative estimate of drug-likeness (QED) is 0.901. The number of halogens is 1. The molecule has 0 spiro atoms. The zero-order chi connectivity index (χ0) is 14.7. The van der Waals surface area contributed by atoms with E-state index in [1.165, 1.54) is 25.1 Å². The summed E-state index contributed by atoms with van der Waals surface area (Å²) >= 11 is 6.46. The van der Waals surface area contributed by atoms with Crippen LogP contribution in [0.15, 0.2) is 18.2 Å². The third-order valence-corrected chi connectivity index (χ3v) is 4.64. The zero-order valence-electron chi connectivity index (χ0n) is 13.0. The molecule has 0 bridgehead atoms. The number of hydrogen-bond donors (Lipinski definition) is 1. The summed E-state index contributed by atoms with van der Waals surface area (Å²) in [5, 5.41) is 4.09. The van der Waals surface area contributed by atoms with Gasteiger partial charge in [0.15, 0.2) is 0 Å². The molecule has 1 aliphatic heterocycles. The lowest BCUT2D eigenvalue weighted by Crippen LogP contribution is -2.27. The average Bonchev–Trinajstić information content (AvgIpc) is 2.82. The molecule has 0 amide bonds.